The van der Waals surface area contributed by atoms with Crippen molar-refractivity contribution in [2.45, 2.75) is 39.2 Å². The van der Waals surface area contributed by atoms with Crippen LogP contribution in [0.25, 0.3) is 5.82 Å². The fourth-order valence-electron chi connectivity index (χ4n) is 3.50. The molecular weight excluding hydrogens is 358 g/mol. The number of carbonyl (C=O) groups is 1. The van der Waals surface area contributed by atoms with Crippen LogP contribution in [0.15, 0.2) is 41.2 Å². The van der Waals surface area contributed by atoms with Crippen LogP contribution in [0.1, 0.15) is 43.0 Å². The molecule has 1 aliphatic heterocycles. The summed E-state index contributed by atoms with van der Waals surface area (Å²) in [5.74, 6) is 1.61. The lowest BCUT2D eigenvalue weighted by atomic mass is 9.86. The predicted molar refractivity (Wildman–Crippen MR) is 104 cm³/mol. The minimum absolute atomic E-state index is 0.0921. The summed E-state index contributed by atoms with van der Waals surface area (Å²) in [4.78, 5) is 23.7. The molecule has 144 valence electrons. The number of amides is 1. The Hall–Kier alpha value is -3.42. The van der Waals surface area contributed by atoms with Crippen LogP contribution in [0.5, 0.6) is 5.75 Å². The molecule has 1 aromatic carbocycles. The third kappa shape index (κ3) is 3.28. The number of aromatic amines is 1. The summed E-state index contributed by atoms with van der Waals surface area (Å²) in [7, 11) is 0. The molecule has 2 N–H and O–H groups in total. The number of carbonyl (C=O) groups excluding carboxylic acids is 1. The van der Waals surface area contributed by atoms with Crippen molar-refractivity contribution in [1.82, 2.24) is 20.0 Å². The first-order chi connectivity index (χ1) is 13.4. The van der Waals surface area contributed by atoms with Gasteiger partial charge < -0.3 is 10.1 Å². The van der Waals surface area contributed by atoms with Crippen molar-refractivity contribution < 1.29 is 9.53 Å². The summed E-state index contributed by atoms with van der Waals surface area (Å²) in [6.07, 6.45) is 0.436. The van der Waals surface area contributed by atoms with Crippen LogP contribution in [0.2, 0.25) is 0 Å². The molecule has 1 unspecified atom stereocenters. The standard InChI is InChI=1S/C20H21N5O3/c1-11(2)28-14-6-4-13(5-7-14)15-10-18(27)21-20-19(15)12(3)24-25(20)16-8-9-17(26)23-22-16/h4-9,11,15H,10H2,1-3H3,(H,21,27)(H,23,26). The topological polar surface area (TPSA) is 102 Å². The number of aromatic nitrogens is 4. The van der Waals surface area contributed by atoms with E-state index in [1.54, 1.807) is 10.7 Å². The van der Waals surface area contributed by atoms with E-state index in [1.807, 2.05) is 45.0 Å². The van der Waals surface area contributed by atoms with Crippen LogP contribution in [0.4, 0.5) is 5.82 Å². The highest BCUT2D eigenvalue weighted by Crippen LogP contribution is 2.40. The molecule has 8 heteroatoms. The Morgan fingerprint density at radius 3 is 2.54 bits per heavy atom. The largest absolute Gasteiger partial charge is 0.491 e. The molecule has 0 fully saturated rings. The van der Waals surface area contributed by atoms with Gasteiger partial charge in [-0.2, -0.15) is 14.9 Å². The van der Waals surface area contributed by atoms with Gasteiger partial charge >= 0.3 is 0 Å². The van der Waals surface area contributed by atoms with E-state index in [0.717, 1.165) is 22.6 Å². The number of fused-ring (bicyclic) bond motifs is 1. The zero-order valence-corrected chi connectivity index (χ0v) is 15.9. The molecule has 0 spiro atoms. The number of hydrogen-bond donors (Lipinski definition) is 2. The number of benzene rings is 1. The van der Waals surface area contributed by atoms with Crippen LogP contribution in [0.3, 0.4) is 0 Å². The average molecular weight is 379 g/mol. The van der Waals surface area contributed by atoms with Crippen molar-refractivity contribution in [3.8, 4) is 11.6 Å². The average Bonchev–Trinajstić information content (AvgIpc) is 2.98. The van der Waals surface area contributed by atoms with Crippen molar-refractivity contribution in [3.63, 3.8) is 0 Å². The SMILES string of the molecule is Cc1nn(-c2ccc(=O)[nH]n2)c2c1C(c1ccc(OC(C)C)cc1)CC(=O)N2. The first-order valence-corrected chi connectivity index (χ1v) is 9.14. The molecule has 0 aliphatic carbocycles. The summed E-state index contributed by atoms with van der Waals surface area (Å²) in [6, 6.07) is 10.8. The number of nitrogens with zero attached hydrogens (tertiary/aromatic N) is 3. The number of ether oxygens (including phenoxy) is 1. The van der Waals surface area contributed by atoms with E-state index in [4.69, 9.17) is 4.74 Å². The number of aryl methyl sites for hydroxylation is 1. The van der Waals surface area contributed by atoms with Gasteiger partial charge in [-0.25, -0.2) is 5.10 Å². The minimum atomic E-state index is -0.299. The molecule has 0 radical (unpaired) electrons. The van der Waals surface area contributed by atoms with Gasteiger partial charge in [0, 0.05) is 24.0 Å². The van der Waals surface area contributed by atoms with Gasteiger partial charge in [-0.15, -0.1) is 0 Å². The number of nitrogens with one attached hydrogen (secondary N) is 2. The molecule has 1 amide bonds. The van der Waals surface area contributed by atoms with Crippen LogP contribution >= 0.6 is 0 Å². The first-order valence-electron chi connectivity index (χ1n) is 9.14. The van der Waals surface area contributed by atoms with E-state index >= 15 is 0 Å². The van der Waals surface area contributed by atoms with Gasteiger partial charge in [0.05, 0.1) is 11.8 Å². The van der Waals surface area contributed by atoms with Crippen LogP contribution in [-0.4, -0.2) is 32.0 Å². The number of rotatable bonds is 4. The summed E-state index contributed by atoms with van der Waals surface area (Å²) in [5.41, 5.74) is 2.47. The summed E-state index contributed by atoms with van der Waals surface area (Å²) < 4.78 is 7.27. The highest BCUT2D eigenvalue weighted by molar-refractivity contribution is 5.95. The van der Waals surface area contributed by atoms with Gasteiger partial charge in [-0.1, -0.05) is 12.1 Å². The lowest BCUT2D eigenvalue weighted by Crippen LogP contribution is -2.25. The van der Waals surface area contributed by atoms with E-state index in [1.165, 1.54) is 6.07 Å². The highest BCUT2D eigenvalue weighted by atomic mass is 16.5. The molecule has 0 saturated carbocycles. The van der Waals surface area contributed by atoms with Crippen LogP contribution in [-0.2, 0) is 4.79 Å². The van der Waals surface area contributed by atoms with E-state index < -0.39 is 0 Å². The second-order valence-corrected chi connectivity index (χ2v) is 7.08. The van der Waals surface area contributed by atoms with E-state index in [9.17, 15) is 9.59 Å². The molecular formula is C20H21N5O3. The van der Waals surface area contributed by atoms with Crippen molar-refractivity contribution >= 4 is 11.7 Å². The quantitative estimate of drug-likeness (QED) is 0.725. The monoisotopic (exact) mass is 379 g/mol. The van der Waals surface area contributed by atoms with Gasteiger partial charge in [0.1, 0.15) is 11.6 Å². The Bertz CT molecular complexity index is 1060. The van der Waals surface area contributed by atoms with Crippen molar-refractivity contribution in [3.05, 3.63) is 63.6 Å². The Kier molecular flexibility index (Phi) is 4.46. The van der Waals surface area contributed by atoms with Gasteiger partial charge in [0.2, 0.25) is 5.91 Å². The number of hydrogen-bond acceptors (Lipinski definition) is 5. The van der Waals surface area contributed by atoms with E-state index in [2.05, 4.69) is 20.6 Å². The van der Waals surface area contributed by atoms with E-state index in [-0.39, 0.29) is 23.5 Å². The van der Waals surface area contributed by atoms with Crippen LogP contribution in [0, 0.1) is 6.92 Å². The molecule has 8 nitrogen and oxygen atoms in total. The zero-order chi connectivity index (χ0) is 19.8. The van der Waals surface area contributed by atoms with Gasteiger partial charge in [-0.3, -0.25) is 9.59 Å². The lowest BCUT2D eigenvalue weighted by molar-refractivity contribution is -0.116. The molecule has 0 saturated heterocycles. The molecule has 1 atom stereocenters. The van der Waals surface area contributed by atoms with Crippen molar-refractivity contribution in [1.29, 1.82) is 0 Å². The maximum absolute atomic E-state index is 12.4. The second-order valence-electron chi connectivity index (χ2n) is 7.08. The molecule has 4 rings (SSSR count). The zero-order valence-electron chi connectivity index (χ0n) is 15.9. The van der Waals surface area contributed by atoms with Crippen molar-refractivity contribution in [2.24, 2.45) is 0 Å². The maximum Gasteiger partial charge on any atom is 0.264 e. The van der Waals surface area contributed by atoms with Gasteiger partial charge in [-0.05, 0) is 44.5 Å². The van der Waals surface area contributed by atoms with Crippen molar-refractivity contribution in [2.75, 3.05) is 5.32 Å². The van der Waals surface area contributed by atoms with Gasteiger partial charge in [0.25, 0.3) is 5.56 Å². The normalized spacial score (nSPS) is 16.0. The summed E-state index contributed by atoms with van der Waals surface area (Å²) >= 11 is 0. The number of anilines is 1. The molecule has 2 aromatic heterocycles. The highest BCUT2D eigenvalue weighted by Gasteiger charge is 2.32. The Balaban J connectivity index is 1.76. The third-order valence-electron chi connectivity index (χ3n) is 4.64. The first kappa shape index (κ1) is 18.0. The molecule has 3 aromatic rings. The Labute approximate surface area is 161 Å². The second kappa shape index (κ2) is 6.95. The molecule has 1 aliphatic rings. The fourth-order valence-corrected chi connectivity index (χ4v) is 3.50. The third-order valence-corrected chi connectivity index (χ3v) is 4.64. The molecule has 28 heavy (non-hydrogen) atoms. The van der Waals surface area contributed by atoms with Gasteiger partial charge in [0.15, 0.2) is 5.82 Å². The minimum Gasteiger partial charge on any atom is -0.491 e. The van der Waals surface area contributed by atoms with Crippen LogP contribution < -0.4 is 15.6 Å². The fraction of sp³-hybridized carbons (Fsp3) is 0.300. The number of H-pyrrole nitrogens is 1. The predicted octanol–water partition coefficient (Wildman–Crippen LogP) is 2.53. The maximum atomic E-state index is 12.4. The summed E-state index contributed by atoms with van der Waals surface area (Å²) in [5, 5.41) is 13.9. The Morgan fingerprint density at radius 1 is 1.14 bits per heavy atom. The Morgan fingerprint density at radius 2 is 1.89 bits per heavy atom. The summed E-state index contributed by atoms with van der Waals surface area (Å²) in [6.45, 7) is 5.87. The van der Waals surface area contributed by atoms with E-state index in [0.29, 0.717) is 18.1 Å². The molecule has 0 bridgehead atoms. The smallest absolute Gasteiger partial charge is 0.264 e. The molecule has 3 heterocycles. The lowest BCUT2D eigenvalue weighted by Gasteiger charge is -2.24.